The van der Waals surface area contributed by atoms with Crippen molar-refractivity contribution in [3.8, 4) is 0 Å². The molecule has 0 unspecified atom stereocenters. The van der Waals surface area contributed by atoms with E-state index in [2.05, 4.69) is 58.6 Å². The van der Waals surface area contributed by atoms with Gasteiger partial charge >= 0.3 is 0 Å². The predicted molar refractivity (Wildman–Crippen MR) is 97.5 cm³/mol. The Bertz CT molecular complexity index is 257. The first-order valence-electron chi connectivity index (χ1n) is 8.70. The van der Waals surface area contributed by atoms with Crippen LogP contribution in [0.4, 0.5) is 0 Å². The van der Waals surface area contributed by atoms with Gasteiger partial charge in [-0.1, -0.05) is 42.6 Å². The SMILES string of the molecule is CCCC(CBr)(CCC)CN1CCN(CCN(C)C)CC1. The highest BCUT2D eigenvalue weighted by atomic mass is 79.9. The molecule has 0 aliphatic carbocycles. The fourth-order valence-electron chi connectivity index (χ4n) is 3.51. The lowest BCUT2D eigenvalue weighted by Crippen LogP contribution is -2.51. The minimum absolute atomic E-state index is 0.495. The van der Waals surface area contributed by atoms with Gasteiger partial charge in [0.25, 0.3) is 0 Å². The third kappa shape index (κ3) is 6.98. The number of likely N-dealkylation sites (N-methyl/N-ethyl adjacent to an activating group) is 1. The highest BCUT2D eigenvalue weighted by Gasteiger charge is 2.30. The van der Waals surface area contributed by atoms with Gasteiger partial charge in [0.2, 0.25) is 0 Å². The third-order valence-corrected chi connectivity index (χ3v) is 5.92. The maximum Gasteiger partial charge on any atom is 0.0110 e. The molecule has 1 saturated heterocycles. The summed E-state index contributed by atoms with van der Waals surface area (Å²) in [6.45, 7) is 13.3. The molecule has 126 valence electrons. The molecule has 1 rings (SSSR count). The van der Waals surface area contributed by atoms with E-state index in [1.165, 1.54) is 71.5 Å². The number of hydrogen-bond donors (Lipinski definition) is 0. The highest BCUT2D eigenvalue weighted by Crippen LogP contribution is 2.33. The van der Waals surface area contributed by atoms with Crippen molar-refractivity contribution in [2.24, 2.45) is 5.41 Å². The van der Waals surface area contributed by atoms with Crippen LogP contribution in [0, 0.1) is 5.41 Å². The lowest BCUT2D eigenvalue weighted by molar-refractivity contribution is 0.0814. The Kier molecular flexibility index (Phi) is 9.42. The van der Waals surface area contributed by atoms with E-state index in [0.717, 1.165) is 5.33 Å². The Morgan fingerprint density at radius 2 is 1.48 bits per heavy atom. The minimum Gasteiger partial charge on any atom is -0.308 e. The van der Waals surface area contributed by atoms with Crippen LogP contribution in [0.3, 0.4) is 0 Å². The van der Waals surface area contributed by atoms with Crippen LogP contribution in [-0.2, 0) is 0 Å². The summed E-state index contributed by atoms with van der Waals surface area (Å²) in [5, 5.41) is 1.16. The summed E-state index contributed by atoms with van der Waals surface area (Å²) in [7, 11) is 4.33. The quantitative estimate of drug-likeness (QED) is 0.553. The molecule has 0 saturated carbocycles. The van der Waals surface area contributed by atoms with Crippen molar-refractivity contribution in [2.45, 2.75) is 39.5 Å². The Morgan fingerprint density at radius 1 is 0.952 bits per heavy atom. The number of rotatable bonds is 10. The maximum atomic E-state index is 3.81. The summed E-state index contributed by atoms with van der Waals surface area (Å²) in [5.74, 6) is 0. The van der Waals surface area contributed by atoms with Gasteiger partial charge in [-0.15, -0.1) is 0 Å². The van der Waals surface area contributed by atoms with Gasteiger partial charge in [-0.3, -0.25) is 4.90 Å². The van der Waals surface area contributed by atoms with Crippen LogP contribution in [0.15, 0.2) is 0 Å². The van der Waals surface area contributed by atoms with Gasteiger partial charge < -0.3 is 9.80 Å². The molecule has 1 aliphatic rings. The lowest BCUT2D eigenvalue weighted by atomic mass is 9.80. The number of nitrogens with zero attached hydrogens (tertiary/aromatic N) is 3. The van der Waals surface area contributed by atoms with E-state index in [-0.39, 0.29) is 0 Å². The highest BCUT2D eigenvalue weighted by molar-refractivity contribution is 9.09. The van der Waals surface area contributed by atoms with Crippen LogP contribution in [0.25, 0.3) is 0 Å². The van der Waals surface area contributed by atoms with Gasteiger partial charge in [0.15, 0.2) is 0 Å². The first kappa shape index (κ1) is 19.4. The largest absolute Gasteiger partial charge is 0.308 e. The zero-order chi connectivity index (χ0) is 15.7. The molecular weight excluding hydrogens is 326 g/mol. The Labute approximate surface area is 141 Å². The summed E-state index contributed by atoms with van der Waals surface area (Å²) in [6.07, 6.45) is 5.31. The fourth-order valence-corrected chi connectivity index (χ4v) is 4.24. The molecule has 0 atom stereocenters. The van der Waals surface area contributed by atoms with Crippen LogP contribution < -0.4 is 0 Å². The van der Waals surface area contributed by atoms with Crippen molar-refractivity contribution in [3.05, 3.63) is 0 Å². The van der Waals surface area contributed by atoms with Gasteiger partial charge in [-0.2, -0.15) is 0 Å². The molecule has 0 aromatic rings. The van der Waals surface area contributed by atoms with Crippen molar-refractivity contribution >= 4 is 15.9 Å². The summed E-state index contributed by atoms with van der Waals surface area (Å²) in [4.78, 5) is 7.61. The van der Waals surface area contributed by atoms with E-state index in [0.29, 0.717) is 5.41 Å². The molecule has 0 amide bonds. The smallest absolute Gasteiger partial charge is 0.0110 e. The van der Waals surface area contributed by atoms with E-state index in [9.17, 15) is 0 Å². The van der Waals surface area contributed by atoms with E-state index in [1.807, 2.05) is 0 Å². The average molecular weight is 362 g/mol. The minimum atomic E-state index is 0.495. The molecule has 0 bridgehead atoms. The average Bonchev–Trinajstić information content (AvgIpc) is 2.47. The Hall–Kier alpha value is 0.360. The van der Waals surface area contributed by atoms with Crippen LogP contribution in [0.5, 0.6) is 0 Å². The number of halogens is 1. The molecule has 0 N–H and O–H groups in total. The number of alkyl halides is 1. The first-order chi connectivity index (χ1) is 10.0. The zero-order valence-electron chi connectivity index (χ0n) is 14.7. The van der Waals surface area contributed by atoms with Gasteiger partial charge in [0, 0.05) is 51.1 Å². The molecule has 1 heterocycles. The predicted octanol–water partition coefficient (Wildman–Crippen LogP) is 3.15. The van der Waals surface area contributed by atoms with Crippen molar-refractivity contribution in [1.29, 1.82) is 0 Å². The van der Waals surface area contributed by atoms with Crippen molar-refractivity contribution in [1.82, 2.24) is 14.7 Å². The Morgan fingerprint density at radius 3 is 1.90 bits per heavy atom. The number of hydrogen-bond acceptors (Lipinski definition) is 3. The Balaban J connectivity index is 2.41. The molecule has 0 spiro atoms. The van der Waals surface area contributed by atoms with E-state index >= 15 is 0 Å². The monoisotopic (exact) mass is 361 g/mol. The second-order valence-corrected chi connectivity index (χ2v) is 7.62. The topological polar surface area (TPSA) is 9.72 Å². The molecule has 21 heavy (non-hydrogen) atoms. The second-order valence-electron chi connectivity index (χ2n) is 7.05. The summed E-state index contributed by atoms with van der Waals surface area (Å²) in [6, 6.07) is 0. The van der Waals surface area contributed by atoms with E-state index in [1.54, 1.807) is 0 Å². The van der Waals surface area contributed by atoms with Gasteiger partial charge in [-0.25, -0.2) is 0 Å². The van der Waals surface area contributed by atoms with Crippen LogP contribution in [0.1, 0.15) is 39.5 Å². The van der Waals surface area contributed by atoms with Crippen molar-refractivity contribution in [2.75, 3.05) is 65.2 Å². The molecule has 1 fully saturated rings. The summed E-state index contributed by atoms with van der Waals surface area (Å²) in [5.41, 5.74) is 0.495. The summed E-state index contributed by atoms with van der Waals surface area (Å²) < 4.78 is 0. The van der Waals surface area contributed by atoms with Crippen molar-refractivity contribution in [3.63, 3.8) is 0 Å². The standard InChI is InChI=1S/C17H36BrN3/c1-5-7-17(15-18,8-6-2)16-21-13-11-20(12-14-21)10-9-19(3)4/h5-16H2,1-4H3. The fraction of sp³-hybridized carbons (Fsp3) is 1.00. The molecule has 1 aliphatic heterocycles. The second kappa shape index (κ2) is 10.2. The van der Waals surface area contributed by atoms with Gasteiger partial charge in [0.1, 0.15) is 0 Å². The molecule has 0 radical (unpaired) electrons. The zero-order valence-corrected chi connectivity index (χ0v) is 16.3. The van der Waals surface area contributed by atoms with E-state index < -0.39 is 0 Å². The van der Waals surface area contributed by atoms with Crippen LogP contribution in [0.2, 0.25) is 0 Å². The van der Waals surface area contributed by atoms with Gasteiger partial charge in [0.05, 0.1) is 0 Å². The molecule has 4 heteroatoms. The molecular formula is C17H36BrN3. The number of piperazine rings is 1. The van der Waals surface area contributed by atoms with Crippen LogP contribution in [-0.4, -0.2) is 79.9 Å². The molecule has 0 aromatic heterocycles. The van der Waals surface area contributed by atoms with Gasteiger partial charge in [-0.05, 0) is 32.4 Å². The molecule has 0 aromatic carbocycles. The van der Waals surface area contributed by atoms with Crippen molar-refractivity contribution < 1.29 is 0 Å². The normalized spacial score (nSPS) is 18.6. The third-order valence-electron chi connectivity index (χ3n) is 4.73. The first-order valence-corrected chi connectivity index (χ1v) is 9.83. The summed E-state index contributed by atoms with van der Waals surface area (Å²) >= 11 is 3.81. The molecule has 3 nitrogen and oxygen atoms in total. The lowest BCUT2D eigenvalue weighted by Gasteiger charge is -2.41. The van der Waals surface area contributed by atoms with E-state index in [4.69, 9.17) is 0 Å². The van der Waals surface area contributed by atoms with Crippen LogP contribution >= 0.6 is 15.9 Å². The maximum absolute atomic E-state index is 3.81.